The molecule has 1 aliphatic heterocycles. The van der Waals surface area contributed by atoms with Gasteiger partial charge in [0.15, 0.2) is 0 Å². The second-order valence-corrected chi connectivity index (χ2v) is 25.2. The smallest absolute Gasteiger partial charge is 0.323 e. The summed E-state index contributed by atoms with van der Waals surface area (Å²) >= 11 is 0. The molecule has 1 unspecified atom stereocenters. The first kappa shape index (κ1) is 77.2. The van der Waals surface area contributed by atoms with Crippen LogP contribution in [0.5, 0.6) is 5.75 Å². The van der Waals surface area contributed by atoms with Crippen molar-refractivity contribution in [2.24, 2.45) is 11.7 Å². The van der Waals surface area contributed by atoms with E-state index in [1.807, 2.05) is 17.0 Å². The van der Waals surface area contributed by atoms with Crippen LogP contribution in [0.25, 0.3) is 0 Å². The second kappa shape index (κ2) is 41.3. The topological polar surface area (TPSA) is 408 Å². The summed E-state index contributed by atoms with van der Waals surface area (Å²) in [6, 6.07) is 12.5. The van der Waals surface area contributed by atoms with Crippen molar-refractivity contribution in [2.75, 3.05) is 144 Å². The van der Waals surface area contributed by atoms with Crippen LogP contribution in [0.3, 0.4) is 0 Å². The lowest BCUT2D eigenvalue weighted by molar-refractivity contribution is -0.140. The van der Waals surface area contributed by atoms with Crippen LogP contribution in [0.2, 0.25) is 0 Å². The van der Waals surface area contributed by atoms with Crippen molar-refractivity contribution in [1.82, 2.24) is 50.6 Å². The Bertz CT molecular complexity index is 3050. The zero-order valence-electron chi connectivity index (χ0n) is 54.0. The summed E-state index contributed by atoms with van der Waals surface area (Å²) in [7, 11) is -4.40. The quantitative estimate of drug-likeness (QED) is 0.0340. The molecule has 2 heterocycles. The maximum Gasteiger partial charge on any atom is 0.323 e. The first-order chi connectivity index (χ1) is 45.0. The van der Waals surface area contributed by atoms with Crippen LogP contribution in [0.1, 0.15) is 95.4 Å². The Balaban J connectivity index is 0.927. The third kappa shape index (κ3) is 29.4. The van der Waals surface area contributed by atoms with Crippen LogP contribution in [-0.4, -0.2) is 257 Å². The lowest BCUT2D eigenvalue weighted by Gasteiger charge is -2.33. The van der Waals surface area contributed by atoms with Gasteiger partial charge in [-0.1, -0.05) is 24.6 Å². The number of aromatic nitrogens is 1. The van der Waals surface area contributed by atoms with Crippen molar-refractivity contribution in [1.29, 1.82) is 0 Å². The fourth-order valence-corrected chi connectivity index (χ4v) is 12.6. The molecule has 0 saturated carbocycles. The molecule has 1 aliphatic carbocycles. The van der Waals surface area contributed by atoms with E-state index in [9.17, 15) is 72.0 Å². The Hall–Kier alpha value is -7.55. The van der Waals surface area contributed by atoms with Crippen molar-refractivity contribution < 1.29 is 86.2 Å². The number of nitrogens with one attached hydrogen (secondary N) is 5. The normalized spacial score (nSPS) is 15.3. The van der Waals surface area contributed by atoms with Crippen LogP contribution in [-0.2, 0) is 83.5 Å². The highest BCUT2D eigenvalue weighted by molar-refractivity contribution is 7.89. The summed E-state index contributed by atoms with van der Waals surface area (Å²) in [5, 5.41) is 49.2. The van der Waals surface area contributed by atoms with E-state index in [0.717, 1.165) is 43.4 Å². The summed E-state index contributed by atoms with van der Waals surface area (Å²) < 4.78 is 46.2. The molecule has 4 amide bonds. The Morgan fingerprint density at radius 1 is 0.628 bits per heavy atom. The maximum absolute atomic E-state index is 13.6. The fraction of sp³-hybridized carbons (Fsp3) is 0.594. The van der Waals surface area contributed by atoms with Crippen molar-refractivity contribution in [2.45, 2.75) is 102 Å². The molecule has 11 N–H and O–H groups in total. The maximum atomic E-state index is 13.6. The largest absolute Gasteiger partial charge is 0.494 e. The number of carbonyl (C=O) groups excluding carboxylic acids is 5. The van der Waals surface area contributed by atoms with Gasteiger partial charge >= 0.3 is 23.9 Å². The predicted octanol–water partition coefficient (Wildman–Crippen LogP) is 0.245. The Morgan fingerprint density at radius 2 is 1.20 bits per heavy atom. The van der Waals surface area contributed by atoms with Crippen molar-refractivity contribution in [3.05, 3.63) is 87.7 Å². The van der Waals surface area contributed by atoms with E-state index in [1.165, 1.54) is 29.8 Å². The molecule has 94 heavy (non-hydrogen) atoms. The van der Waals surface area contributed by atoms with E-state index in [4.69, 9.17) is 24.9 Å². The van der Waals surface area contributed by atoms with Gasteiger partial charge in [-0.25, -0.2) is 8.42 Å². The molecule has 0 radical (unpaired) electrons. The Kier molecular flexibility index (Phi) is 33.9. The van der Waals surface area contributed by atoms with E-state index < -0.39 is 64.2 Å². The molecule has 2 aliphatic rings. The average Bonchev–Trinajstić information content (AvgIpc) is 0.796. The molecule has 2 aromatic carbocycles. The molecule has 3 aromatic rings. The van der Waals surface area contributed by atoms with Gasteiger partial charge < -0.3 is 61.6 Å². The highest BCUT2D eigenvalue weighted by atomic mass is 32.2. The van der Waals surface area contributed by atoms with Gasteiger partial charge in [0, 0.05) is 114 Å². The van der Waals surface area contributed by atoms with Gasteiger partial charge in [0.05, 0.1) is 57.5 Å². The minimum atomic E-state index is -4.40. The Morgan fingerprint density at radius 3 is 1.79 bits per heavy atom. The number of unbranched alkanes of at least 4 members (excludes halogenated alkanes) is 1. The molecule has 2 atom stereocenters. The molecule has 30 heteroatoms. The fourth-order valence-electron chi connectivity index (χ4n) is 11.0. The number of ketones is 1. The van der Waals surface area contributed by atoms with Gasteiger partial charge in [-0.15, -0.1) is 0 Å². The number of ether oxygens (including phenoxy) is 3. The zero-order chi connectivity index (χ0) is 68.4. The molecule has 29 nitrogen and oxygen atoms in total. The number of fused-ring (bicyclic) bond motifs is 1. The van der Waals surface area contributed by atoms with E-state index in [-0.39, 0.29) is 183 Å². The minimum absolute atomic E-state index is 0.0630. The molecule has 0 spiro atoms. The first-order valence-corrected chi connectivity index (χ1v) is 33.5. The number of amides is 4. The predicted molar refractivity (Wildman–Crippen MR) is 345 cm³/mol. The molecule has 0 bridgehead atoms. The summed E-state index contributed by atoms with van der Waals surface area (Å²) in [4.78, 5) is 124. The number of hydrogen-bond donors (Lipinski definition) is 10. The van der Waals surface area contributed by atoms with Gasteiger partial charge in [0.1, 0.15) is 24.2 Å². The van der Waals surface area contributed by atoms with E-state index in [1.54, 1.807) is 40.7 Å². The highest BCUT2D eigenvalue weighted by Crippen LogP contribution is 2.27. The monoisotopic (exact) mass is 1340 g/mol. The summed E-state index contributed by atoms with van der Waals surface area (Å²) in [5.41, 5.74) is 11.1. The first-order valence-electron chi connectivity index (χ1n) is 32.1. The van der Waals surface area contributed by atoms with E-state index in [2.05, 4.69) is 38.1 Å². The zero-order valence-corrected chi connectivity index (χ0v) is 54.9. The number of sulfonamides is 1. The SMILES string of the molecule is Cc1cc(OCCCC(=O)NCCNC(=O)COCCOCCNC(=O)[C@H](CCCCN)CC(=O)CN2CCN(CC(=O)O)CCN(CC(=O)O)CCN(CC(=O)O)CC2)cc(C)c1S(=O)(=O)NC(CNC(=O)c1ccc(CCc2ccc3c(n2)CCCC3)cc1)C(=O)O. The number of carbonyl (C=O) groups is 9. The number of nitrogens with two attached hydrogens (primary N) is 1. The molecular formula is C64H95N11O18S. The molecule has 1 saturated heterocycles. The highest BCUT2D eigenvalue weighted by Gasteiger charge is 2.30. The molecule has 5 rings (SSSR count). The lowest BCUT2D eigenvalue weighted by atomic mass is 9.94. The number of nitrogens with zero attached hydrogens (tertiary/aromatic N) is 5. The van der Waals surface area contributed by atoms with Crippen LogP contribution in [0.15, 0.2) is 53.4 Å². The average molecular weight is 1340 g/mol. The van der Waals surface area contributed by atoms with Crippen LogP contribution in [0, 0.1) is 19.8 Å². The van der Waals surface area contributed by atoms with E-state index in [0.29, 0.717) is 38.0 Å². The van der Waals surface area contributed by atoms with Crippen molar-refractivity contribution in [3.8, 4) is 5.75 Å². The number of carboxylic acids is 4. The summed E-state index contributed by atoms with van der Waals surface area (Å²) in [5.74, 6) is -6.86. The van der Waals surface area contributed by atoms with Crippen LogP contribution >= 0.6 is 0 Å². The summed E-state index contributed by atoms with van der Waals surface area (Å²) in [6.45, 7) is 4.52. The molecule has 1 aromatic heterocycles. The number of aliphatic carboxylic acids is 4. The van der Waals surface area contributed by atoms with Gasteiger partial charge in [0.25, 0.3) is 5.91 Å². The number of benzene rings is 2. The standard InChI is InChI=1S/C64H95N11O18S/c1-45-36-53(37-46(2)61(45)94(89,90)71-55(64(87)88)39-69-62(85)49-15-12-47(13-16-49)14-18-51-19-17-48-8-3-4-10-54(48)70-51)93-32-7-11-56(77)66-21-22-67-57(78)44-92-35-34-91-33-23-68-63(86)50(9-5-6-20-65)38-52(76)40-72-24-26-73(41-58(79)80)28-30-75(43-60(83)84)31-29-74(27-25-72)42-59(81)82/h12-13,15-17,19,36-37,50,55,71H,3-11,14,18,20-35,38-44,65H2,1-2H3,(H,66,77)(H,67,78)(H,68,86)(H,69,85)(H,79,80)(H,81,82)(H,83,84)(H,87,88)/t50-,55?/m1/s1. The van der Waals surface area contributed by atoms with Gasteiger partial charge in [-0.05, 0) is 131 Å². The lowest BCUT2D eigenvalue weighted by Crippen LogP contribution is -2.49. The van der Waals surface area contributed by atoms with Gasteiger partial charge in [0.2, 0.25) is 27.7 Å². The number of pyridine rings is 1. The summed E-state index contributed by atoms with van der Waals surface area (Å²) in [6.07, 6.45) is 7.85. The van der Waals surface area contributed by atoms with Gasteiger partial charge in [-0.2, -0.15) is 4.72 Å². The minimum Gasteiger partial charge on any atom is -0.494 e. The van der Waals surface area contributed by atoms with Crippen LogP contribution in [0.4, 0.5) is 0 Å². The number of carboxylic acid groups (broad SMARTS) is 4. The number of Topliss-reactive ketones (excluding diaryl/α,β-unsaturated/α-hetero) is 1. The van der Waals surface area contributed by atoms with Crippen molar-refractivity contribution >= 4 is 63.3 Å². The number of aryl methyl sites for hydroxylation is 6. The number of hydrogen-bond acceptors (Lipinski definition) is 20. The number of rotatable bonds is 41. The second-order valence-electron chi connectivity index (χ2n) is 23.5. The third-order valence-corrected chi connectivity index (χ3v) is 17.7. The van der Waals surface area contributed by atoms with Gasteiger partial charge in [-0.3, -0.25) is 67.7 Å². The molecule has 520 valence electrons. The van der Waals surface area contributed by atoms with Crippen LogP contribution < -0.4 is 36.5 Å². The Labute approximate surface area is 549 Å². The molecular weight excluding hydrogens is 1240 g/mol. The van der Waals surface area contributed by atoms with E-state index >= 15 is 0 Å². The third-order valence-electron chi connectivity index (χ3n) is 15.9. The molecule has 1 fully saturated rings. The van der Waals surface area contributed by atoms with Crippen molar-refractivity contribution in [3.63, 3.8) is 0 Å².